The molecule has 2 unspecified atom stereocenters. The van der Waals surface area contributed by atoms with Crippen LogP contribution in [0.25, 0.3) is 0 Å². The number of amides is 1. The molecule has 1 aliphatic rings. The van der Waals surface area contributed by atoms with Gasteiger partial charge in [-0.1, -0.05) is 26.0 Å². The normalized spacial score (nSPS) is 18.3. The number of fused-ring (bicyclic) bond motifs is 1. The maximum absolute atomic E-state index is 11.8. The molecule has 122 valence electrons. The van der Waals surface area contributed by atoms with E-state index in [-0.39, 0.29) is 18.0 Å². The van der Waals surface area contributed by atoms with Crippen molar-refractivity contribution < 1.29 is 14.3 Å². The van der Waals surface area contributed by atoms with Gasteiger partial charge in [0.15, 0.2) is 0 Å². The number of hydrogen-bond donors (Lipinski definition) is 2. The van der Waals surface area contributed by atoms with E-state index >= 15 is 0 Å². The van der Waals surface area contributed by atoms with Crippen LogP contribution >= 0.6 is 0 Å². The Balaban J connectivity index is 2.41. The van der Waals surface area contributed by atoms with Crippen LogP contribution in [0.4, 0.5) is 0 Å². The fraction of sp³-hybridized carbons (Fsp3) is 0.588. The highest BCUT2D eigenvalue weighted by molar-refractivity contribution is 5.76. The molecule has 1 aromatic carbocycles. The van der Waals surface area contributed by atoms with Gasteiger partial charge in [0.1, 0.15) is 5.75 Å². The predicted molar refractivity (Wildman–Crippen MR) is 85.9 cm³/mol. The molecule has 1 aliphatic heterocycles. The van der Waals surface area contributed by atoms with Crippen molar-refractivity contribution in [3.8, 4) is 5.75 Å². The molecule has 1 aromatic rings. The van der Waals surface area contributed by atoms with Crippen molar-refractivity contribution in [2.45, 2.75) is 45.2 Å². The lowest BCUT2D eigenvalue weighted by Crippen LogP contribution is -2.32. The molecule has 0 bridgehead atoms. The molecule has 3 N–H and O–H groups in total. The van der Waals surface area contributed by atoms with Gasteiger partial charge >= 0.3 is 0 Å². The molecule has 0 spiro atoms. The number of aryl methyl sites for hydroxylation is 1. The summed E-state index contributed by atoms with van der Waals surface area (Å²) in [5.41, 5.74) is 9.43. The van der Waals surface area contributed by atoms with Crippen LogP contribution in [-0.2, 0) is 16.0 Å². The van der Waals surface area contributed by atoms with E-state index in [0.29, 0.717) is 19.6 Å². The minimum absolute atomic E-state index is 0.00352. The van der Waals surface area contributed by atoms with Gasteiger partial charge in [-0.3, -0.25) is 4.79 Å². The Morgan fingerprint density at radius 1 is 1.50 bits per heavy atom. The minimum Gasteiger partial charge on any atom is -0.493 e. The number of rotatable bonds is 6. The second-order valence-corrected chi connectivity index (χ2v) is 5.63. The predicted octanol–water partition coefficient (Wildman–Crippen LogP) is 2.25. The van der Waals surface area contributed by atoms with Crippen LogP contribution in [0.1, 0.15) is 55.5 Å². The van der Waals surface area contributed by atoms with E-state index in [1.54, 1.807) is 7.11 Å². The molecule has 0 saturated heterocycles. The fourth-order valence-corrected chi connectivity index (χ4v) is 2.79. The van der Waals surface area contributed by atoms with Crippen LogP contribution in [0.15, 0.2) is 12.1 Å². The first-order valence-corrected chi connectivity index (χ1v) is 7.94. The zero-order valence-corrected chi connectivity index (χ0v) is 13.6. The molecule has 0 radical (unpaired) electrons. The zero-order chi connectivity index (χ0) is 16.1. The van der Waals surface area contributed by atoms with Crippen molar-refractivity contribution in [1.82, 2.24) is 5.32 Å². The summed E-state index contributed by atoms with van der Waals surface area (Å²) in [6.45, 7) is 4.99. The highest BCUT2D eigenvalue weighted by atomic mass is 16.5. The molecule has 22 heavy (non-hydrogen) atoms. The van der Waals surface area contributed by atoms with Gasteiger partial charge in [0.05, 0.1) is 25.3 Å². The Labute approximate surface area is 132 Å². The summed E-state index contributed by atoms with van der Waals surface area (Å²) in [5, 5.41) is 3.08. The second-order valence-electron chi connectivity index (χ2n) is 5.63. The smallest absolute Gasteiger partial charge is 0.220 e. The Morgan fingerprint density at radius 2 is 2.27 bits per heavy atom. The van der Waals surface area contributed by atoms with Gasteiger partial charge in [-0.15, -0.1) is 0 Å². The van der Waals surface area contributed by atoms with Gasteiger partial charge in [-0.25, -0.2) is 0 Å². The molecule has 0 fully saturated rings. The summed E-state index contributed by atoms with van der Waals surface area (Å²) in [7, 11) is 1.64. The van der Waals surface area contributed by atoms with Crippen LogP contribution in [0.3, 0.4) is 0 Å². The Hall–Kier alpha value is -1.59. The minimum atomic E-state index is -0.231. The third-order valence-electron chi connectivity index (χ3n) is 4.04. The molecule has 0 aromatic heterocycles. The number of nitrogens with two attached hydrogens (primary N) is 1. The number of nitrogens with one attached hydrogen (secondary N) is 1. The second kappa shape index (κ2) is 7.61. The number of benzene rings is 1. The maximum Gasteiger partial charge on any atom is 0.220 e. The quantitative estimate of drug-likeness (QED) is 0.845. The molecule has 0 saturated carbocycles. The first-order chi connectivity index (χ1) is 10.6. The van der Waals surface area contributed by atoms with Crippen molar-refractivity contribution in [2.24, 2.45) is 5.73 Å². The largest absolute Gasteiger partial charge is 0.493 e. The molecule has 5 heteroatoms. The molecule has 1 amide bonds. The number of carbonyl (C=O) groups is 1. The van der Waals surface area contributed by atoms with Gasteiger partial charge < -0.3 is 20.5 Å². The van der Waals surface area contributed by atoms with Crippen molar-refractivity contribution in [1.29, 1.82) is 0 Å². The highest BCUT2D eigenvalue weighted by Crippen LogP contribution is 2.38. The number of ether oxygens (including phenoxy) is 2. The molecular formula is C17H26N2O3. The van der Waals surface area contributed by atoms with Crippen molar-refractivity contribution in [2.75, 3.05) is 20.3 Å². The molecule has 2 atom stereocenters. The number of hydrogen-bond acceptors (Lipinski definition) is 4. The third-order valence-corrected chi connectivity index (χ3v) is 4.04. The monoisotopic (exact) mass is 306 g/mol. The Bertz CT molecular complexity index is 531. The molecule has 0 aliphatic carbocycles. The van der Waals surface area contributed by atoms with Gasteiger partial charge in [0, 0.05) is 31.1 Å². The van der Waals surface area contributed by atoms with E-state index in [4.69, 9.17) is 15.2 Å². The van der Waals surface area contributed by atoms with Crippen molar-refractivity contribution in [3.05, 3.63) is 28.8 Å². The summed E-state index contributed by atoms with van der Waals surface area (Å²) in [4.78, 5) is 11.8. The lowest BCUT2D eigenvalue weighted by molar-refractivity contribution is -0.121. The zero-order valence-electron chi connectivity index (χ0n) is 13.6. The molecular weight excluding hydrogens is 280 g/mol. The van der Waals surface area contributed by atoms with Gasteiger partial charge in [-0.2, -0.15) is 0 Å². The first-order valence-electron chi connectivity index (χ1n) is 7.94. The lowest BCUT2D eigenvalue weighted by atomic mass is 9.91. The molecule has 2 rings (SSSR count). The topological polar surface area (TPSA) is 73.6 Å². The average Bonchev–Trinajstić information content (AvgIpc) is 2.54. The van der Waals surface area contributed by atoms with Crippen LogP contribution in [0.5, 0.6) is 5.75 Å². The summed E-state index contributed by atoms with van der Waals surface area (Å²) in [5.74, 6) is 0.872. The maximum atomic E-state index is 11.8. The van der Waals surface area contributed by atoms with Gasteiger partial charge in [0.25, 0.3) is 0 Å². The SMILES string of the molecule is CCC(=O)NC1CCOc2c(C(N)COC)cc(CC)cc21. The Morgan fingerprint density at radius 3 is 2.91 bits per heavy atom. The fourth-order valence-electron chi connectivity index (χ4n) is 2.79. The highest BCUT2D eigenvalue weighted by Gasteiger charge is 2.27. The van der Waals surface area contributed by atoms with E-state index in [1.165, 1.54) is 5.56 Å². The summed E-state index contributed by atoms with van der Waals surface area (Å²) in [6, 6.07) is 3.98. The first kappa shape index (κ1) is 16.8. The Kier molecular flexibility index (Phi) is 5.80. The van der Waals surface area contributed by atoms with Crippen LogP contribution < -0.4 is 15.8 Å². The van der Waals surface area contributed by atoms with Crippen molar-refractivity contribution >= 4 is 5.91 Å². The summed E-state index contributed by atoms with van der Waals surface area (Å²) >= 11 is 0. The van der Waals surface area contributed by atoms with Gasteiger partial charge in [0.2, 0.25) is 5.91 Å². The van der Waals surface area contributed by atoms with Crippen molar-refractivity contribution in [3.63, 3.8) is 0 Å². The third kappa shape index (κ3) is 3.59. The number of methoxy groups -OCH3 is 1. The van der Waals surface area contributed by atoms with E-state index in [0.717, 1.165) is 29.7 Å². The van der Waals surface area contributed by atoms with E-state index < -0.39 is 0 Å². The summed E-state index contributed by atoms with van der Waals surface area (Å²) in [6.07, 6.45) is 2.18. The summed E-state index contributed by atoms with van der Waals surface area (Å²) < 4.78 is 11.1. The van der Waals surface area contributed by atoms with Crippen LogP contribution in [-0.4, -0.2) is 26.2 Å². The molecule has 1 heterocycles. The van der Waals surface area contributed by atoms with Gasteiger partial charge in [-0.05, 0) is 12.0 Å². The average molecular weight is 306 g/mol. The standard InChI is InChI=1S/C17H26N2O3/c1-4-11-8-12(14(18)10-21-3)17-13(9-11)15(6-7-22-17)19-16(20)5-2/h8-9,14-15H,4-7,10,18H2,1-3H3,(H,19,20). The van der Waals surface area contributed by atoms with Crippen LogP contribution in [0.2, 0.25) is 0 Å². The lowest BCUT2D eigenvalue weighted by Gasteiger charge is -2.30. The molecule has 5 nitrogen and oxygen atoms in total. The van der Waals surface area contributed by atoms with E-state index in [2.05, 4.69) is 24.4 Å². The van der Waals surface area contributed by atoms with Crippen LogP contribution in [0, 0.1) is 0 Å². The van der Waals surface area contributed by atoms with E-state index in [1.807, 2.05) is 6.92 Å². The number of carbonyl (C=O) groups excluding carboxylic acids is 1. The van der Waals surface area contributed by atoms with E-state index in [9.17, 15) is 4.79 Å².